The molecule has 0 bridgehead atoms. The maximum atomic E-state index is 5.82. The van der Waals surface area contributed by atoms with Crippen molar-refractivity contribution in [2.45, 2.75) is 26.8 Å². The van der Waals surface area contributed by atoms with Crippen LogP contribution in [0.3, 0.4) is 0 Å². The molecular weight excluding hydrogens is 258 g/mol. The molecule has 2 heteroatoms. The molecule has 0 N–H and O–H groups in total. The van der Waals surface area contributed by atoms with E-state index >= 15 is 0 Å². The monoisotopic (exact) mass is 283 g/mol. The Bertz CT molecular complexity index is 551. The van der Waals surface area contributed by atoms with E-state index in [0.717, 1.165) is 31.9 Å². The smallest absolute Gasteiger partial charge is 0.119 e. The van der Waals surface area contributed by atoms with Crippen molar-refractivity contribution in [1.82, 2.24) is 4.90 Å². The second-order valence-electron chi connectivity index (χ2n) is 5.67. The van der Waals surface area contributed by atoms with Gasteiger partial charge in [0.05, 0.1) is 6.61 Å². The highest BCUT2D eigenvalue weighted by Crippen LogP contribution is 2.16. The van der Waals surface area contributed by atoms with Gasteiger partial charge in [0.1, 0.15) is 5.75 Å². The molecule has 0 radical (unpaired) electrons. The lowest BCUT2D eigenvalue weighted by molar-refractivity contribution is 0.258. The molecule has 112 valence electrons. The molecule has 0 unspecified atom stereocenters. The largest absolute Gasteiger partial charge is 0.494 e. The number of hydrogen-bond acceptors (Lipinski definition) is 2. The molecule has 0 aliphatic heterocycles. The molecule has 0 aliphatic carbocycles. The molecule has 2 aromatic rings. The predicted molar refractivity (Wildman–Crippen MR) is 88.8 cm³/mol. The molecule has 2 aromatic carbocycles. The molecule has 2 nitrogen and oxygen atoms in total. The van der Waals surface area contributed by atoms with Crippen molar-refractivity contribution >= 4 is 0 Å². The average Bonchev–Trinajstić information content (AvgIpc) is 2.48. The van der Waals surface area contributed by atoms with Gasteiger partial charge in [0.2, 0.25) is 0 Å². The Kier molecular flexibility index (Phi) is 5.82. The van der Waals surface area contributed by atoms with Crippen LogP contribution in [0.2, 0.25) is 0 Å². The van der Waals surface area contributed by atoms with Crippen LogP contribution in [0.5, 0.6) is 5.75 Å². The second-order valence-corrected chi connectivity index (χ2v) is 5.67. The molecule has 0 saturated carbocycles. The number of ether oxygens (including phenoxy) is 1. The fraction of sp³-hybridized carbons (Fsp3) is 0.368. The first-order chi connectivity index (χ1) is 10.1. The molecular formula is C19H25NO. The van der Waals surface area contributed by atoms with Crippen molar-refractivity contribution in [3.8, 4) is 5.75 Å². The average molecular weight is 283 g/mol. The first kappa shape index (κ1) is 15.6. The van der Waals surface area contributed by atoms with Gasteiger partial charge in [0.25, 0.3) is 0 Å². The lowest BCUT2D eigenvalue weighted by Crippen LogP contribution is -2.20. The first-order valence-electron chi connectivity index (χ1n) is 7.57. The Balaban J connectivity index is 1.68. The Morgan fingerprint density at radius 1 is 0.952 bits per heavy atom. The topological polar surface area (TPSA) is 12.5 Å². The van der Waals surface area contributed by atoms with Crippen LogP contribution in [-0.2, 0) is 6.54 Å². The van der Waals surface area contributed by atoms with Gasteiger partial charge in [-0.05, 0) is 56.1 Å². The highest BCUT2D eigenvalue weighted by atomic mass is 16.5. The number of aryl methyl sites for hydroxylation is 2. The van der Waals surface area contributed by atoms with E-state index in [0.29, 0.717) is 0 Å². The van der Waals surface area contributed by atoms with Gasteiger partial charge in [0.15, 0.2) is 0 Å². The summed E-state index contributed by atoms with van der Waals surface area (Å²) >= 11 is 0. The summed E-state index contributed by atoms with van der Waals surface area (Å²) in [5, 5.41) is 0. The van der Waals surface area contributed by atoms with Crippen LogP contribution in [0, 0.1) is 13.8 Å². The van der Waals surface area contributed by atoms with Gasteiger partial charge in [-0.25, -0.2) is 0 Å². The normalized spacial score (nSPS) is 10.9. The fourth-order valence-electron chi connectivity index (χ4n) is 2.30. The quantitative estimate of drug-likeness (QED) is 0.706. The van der Waals surface area contributed by atoms with Crippen LogP contribution < -0.4 is 4.74 Å². The van der Waals surface area contributed by atoms with E-state index in [1.165, 1.54) is 16.7 Å². The summed E-state index contributed by atoms with van der Waals surface area (Å²) in [7, 11) is 2.16. The van der Waals surface area contributed by atoms with Gasteiger partial charge in [-0.2, -0.15) is 0 Å². The number of rotatable bonds is 7. The lowest BCUT2D eigenvalue weighted by atomic mass is 10.1. The molecule has 0 amide bonds. The summed E-state index contributed by atoms with van der Waals surface area (Å²) in [6, 6.07) is 16.9. The van der Waals surface area contributed by atoms with Crippen molar-refractivity contribution in [2.24, 2.45) is 0 Å². The molecule has 2 rings (SSSR count). The zero-order chi connectivity index (χ0) is 15.1. The number of nitrogens with zero attached hydrogens (tertiary/aromatic N) is 1. The van der Waals surface area contributed by atoms with E-state index in [4.69, 9.17) is 4.74 Å². The third-order valence-electron chi connectivity index (χ3n) is 3.73. The summed E-state index contributed by atoms with van der Waals surface area (Å²) in [5.41, 5.74) is 3.95. The molecule has 0 spiro atoms. The van der Waals surface area contributed by atoms with E-state index in [2.05, 4.69) is 74.3 Å². The van der Waals surface area contributed by atoms with E-state index in [1.54, 1.807) is 0 Å². The van der Waals surface area contributed by atoms with Crippen molar-refractivity contribution in [3.05, 3.63) is 65.2 Å². The Morgan fingerprint density at radius 2 is 1.71 bits per heavy atom. The van der Waals surface area contributed by atoms with Crippen LogP contribution in [0.15, 0.2) is 48.5 Å². The molecule has 0 heterocycles. The number of hydrogen-bond donors (Lipinski definition) is 0. The summed E-state index contributed by atoms with van der Waals surface area (Å²) < 4.78 is 5.82. The summed E-state index contributed by atoms with van der Waals surface area (Å²) in [4.78, 5) is 2.33. The Labute approximate surface area is 128 Å². The SMILES string of the molecule is Cc1ccc(OCCCN(C)Cc2ccccc2)cc1C. The molecule has 21 heavy (non-hydrogen) atoms. The fourth-order valence-corrected chi connectivity index (χ4v) is 2.30. The number of benzene rings is 2. The van der Waals surface area contributed by atoms with Gasteiger partial charge in [-0.3, -0.25) is 0 Å². The van der Waals surface area contributed by atoms with Gasteiger partial charge in [-0.1, -0.05) is 36.4 Å². The summed E-state index contributed by atoms with van der Waals surface area (Å²) in [6.07, 6.45) is 1.04. The third kappa shape index (κ3) is 5.24. The minimum atomic E-state index is 0.766. The van der Waals surface area contributed by atoms with Crippen molar-refractivity contribution in [2.75, 3.05) is 20.2 Å². The van der Waals surface area contributed by atoms with Crippen molar-refractivity contribution < 1.29 is 4.74 Å². The zero-order valence-corrected chi connectivity index (χ0v) is 13.3. The van der Waals surface area contributed by atoms with Crippen molar-refractivity contribution in [3.63, 3.8) is 0 Å². The van der Waals surface area contributed by atoms with E-state index in [-0.39, 0.29) is 0 Å². The van der Waals surface area contributed by atoms with Crippen LogP contribution in [0.1, 0.15) is 23.1 Å². The maximum absolute atomic E-state index is 5.82. The lowest BCUT2D eigenvalue weighted by Gasteiger charge is -2.17. The third-order valence-corrected chi connectivity index (χ3v) is 3.73. The zero-order valence-electron chi connectivity index (χ0n) is 13.3. The maximum Gasteiger partial charge on any atom is 0.119 e. The first-order valence-corrected chi connectivity index (χ1v) is 7.57. The minimum absolute atomic E-state index is 0.766. The van der Waals surface area contributed by atoms with E-state index in [1.807, 2.05) is 0 Å². The van der Waals surface area contributed by atoms with Crippen LogP contribution in [0.4, 0.5) is 0 Å². The highest BCUT2D eigenvalue weighted by molar-refractivity contribution is 5.33. The van der Waals surface area contributed by atoms with Crippen molar-refractivity contribution in [1.29, 1.82) is 0 Å². The standard InChI is InChI=1S/C19H25NO/c1-16-10-11-19(14-17(16)2)21-13-7-12-20(3)15-18-8-5-4-6-9-18/h4-6,8-11,14H,7,12-13,15H2,1-3H3. The van der Waals surface area contributed by atoms with Gasteiger partial charge < -0.3 is 9.64 Å². The van der Waals surface area contributed by atoms with Crippen LogP contribution in [0.25, 0.3) is 0 Å². The van der Waals surface area contributed by atoms with Crippen LogP contribution >= 0.6 is 0 Å². The summed E-state index contributed by atoms with van der Waals surface area (Å²) in [6.45, 7) is 7.04. The molecule has 0 fully saturated rings. The van der Waals surface area contributed by atoms with Gasteiger partial charge in [-0.15, -0.1) is 0 Å². The molecule has 0 aliphatic rings. The highest BCUT2D eigenvalue weighted by Gasteiger charge is 2.01. The van der Waals surface area contributed by atoms with Gasteiger partial charge >= 0.3 is 0 Å². The second kappa shape index (κ2) is 7.84. The Hall–Kier alpha value is -1.80. The molecule has 0 saturated heterocycles. The van der Waals surface area contributed by atoms with Crippen LogP contribution in [-0.4, -0.2) is 25.1 Å². The van der Waals surface area contributed by atoms with Gasteiger partial charge in [0, 0.05) is 13.1 Å². The Morgan fingerprint density at radius 3 is 2.43 bits per heavy atom. The predicted octanol–water partition coefficient (Wildman–Crippen LogP) is 4.20. The molecule has 0 aromatic heterocycles. The van der Waals surface area contributed by atoms with E-state index in [9.17, 15) is 0 Å². The summed E-state index contributed by atoms with van der Waals surface area (Å²) in [5.74, 6) is 0.976. The van der Waals surface area contributed by atoms with E-state index < -0.39 is 0 Å². The minimum Gasteiger partial charge on any atom is -0.494 e. The molecule has 0 atom stereocenters.